The Bertz CT molecular complexity index is 1360. The minimum absolute atomic E-state index is 0.0354. The second-order valence-corrected chi connectivity index (χ2v) is 8.93. The summed E-state index contributed by atoms with van der Waals surface area (Å²) in [4.78, 5) is 56.9. The maximum Gasteiger partial charge on any atom is 0.332 e. The molecule has 3 aromatic rings. The number of rotatable bonds is 3. The summed E-state index contributed by atoms with van der Waals surface area (Å²) >= 11 is 0. The van der Waals surface area contributed by atoms with Crippen LogP contribution in [0.5, 0.6) is 0 Å². The lowest BCUT2D eigenvalue weighted by molar-refractivity contribution is 0.0624. The molecular formula is C24H27N5O4. The number of para-hydroxylation sites is 1. The molecule has 0 spiro atoms. The topological polar surface area (TPSA) is 106 Å². The maximum absolute atomic E-state index is 13.2. The van der Waals surface area contributed by atoms with E-state index in [1.807, 2.05) is 4.90 Å². The van der Waals surface area contributed by atoms with Crippen molar-refractivity contribution in [3.05, 3.63) is 68.5 Å². The number of piperidine rings is 1. The van der Waals surface area contributed by atoms with Crippen LogP contribution >= 0.6 is 0 Å². The number of nitrogens with one attached hydrogen (secondary N) is 1. The fourth-order valence-electron chi connectivity index (χ4n) is 4.54. The van der Waals surface area contributed by atoms with Gasteiger partial charge in [-0.1, -0.05) is 26.0 Å². The third kappa shape index (κ3) is 4.18. The Morgan fingerprint density at radius 2 is 1.64 bits per heavy atom. The lowest BCUT2D eigenvalue weighted by atomic mass is 9.91. The zero-order valence-electron chi connectivity index (χ0n) is 19.2. The van der Waals surface area contributed by atoms with Gasteiger partial charge in [0.1, 0.15) is 11.3 Å². The summed E-state index contributed by atoms with van der Waals surface area (Å²) in [7, 11) is 2.88. The molecule has 9 heteroatoms. The summed E-state index contributed by atoms with van der Waals surface area (Å²) in [5, 5.41) is 3.01. The predicted octanol–water partition coefficient (Wildman–Crippen LogP) is 2.00. The number of anilines is 1. The largest absolute Gasteiger partial charge is 0.338 e. The van der Waals surface area contributed by atoms with E-state index >= 15 is 0 Å². The number of aromatic nitrogens is 3. The molecule has 1 fully saturated rings. The number of benzene rings is 1. The van der Waals surface area contributed by atoms with Gasteiger partial charge in [0.15, 0.2) is 0 Å². The third-order valence-corrected chi connectivity index (χ3v) is 6.10. The van der Waals surface area contributed by atoms with E-state index in [2.05, 4.69) is 24.1 Å². The highest BCUT2D eigenvalue weighted by molar-refractivity contribution is 6.08. The number of hydrogen-bond acceptors (Lipinski definition) is 5. The summed E-state index contributed by atoms with van der Waals surface area (Å²) in [6.45, 7) is 5.63. The summed E-state index contributed by atoms with van der Waals surface area (Å²) in [6, 6.07) is 9.79. The number of aryl methyl sites for hydroxylation is 1. The molecule has 9 nitrogen and oxygen atoms in total. The minimum Gasteiger partial charge on any atom is -0.338 e. The van der Waals surface area contributed by atoms with Crippen LogP contribution in [0.3, 0.4) is 0 Å². The van der Waals surface area contributed by atoms with E-state index in [0.717, 1.165) is 11.0 Å². The van der Waals surface area contributed by atoms with Gasteiger partial charge in [-0.25, -0.2) is 9.78 Å². The van der Waals surface area contributed by atoms with Crippen molar-refractivity contribution in [3.8, 4) is 0 Å². The predicted molar refractivity (Wildman–Crippen MR) is 125 cm³/mol. The van der Waals surface area contributed by atoms with Gasteiger partial charge in [-0.05, 0) is 42.5 Å². The summed E-state index contributed by atoms with van der Waals surface area (Å²) < 4.78 is 2.22. The SMILES string of the molecule is C[C@H]1C[C@H](C)CN(C(=O)c2ccccc2NC(=O)c2ccc3c(=O)n(C)c(=O)n(C)c3n2)C1. The first-order chi connectivity index (χ1) is 15.7. The van der Waals surface area contributed by atoms with Crippen LogP contribution in [0.2, 0.25) is 0 Å². The number of fused-ring (bicyclic) bond motifs is 1. The van der Waals surface area contributed by atoms with Crippen molar-refractivity contribution in [2.24, 2.45) is 25.9 Å². The van der Waals surface area contributed by atoms with Gasteiger partial charge in [0.2, 0.25) is 0 Å². The average Bonchev–Trinajstić information content (AvgIpc) is 2.80. The maximum atomic E-state index is 13.2. The van der Waals surface area contributed by atoms with Crippen molar-refractivity contribution in [2.75, 3.05) is 18.4 Å². The Balaban J connectivity index is 1.65. The molecule has 0 aliphatic carbocycles. The molecule has 1 aliphatic rings. The van der Waals surface area contributed by atoms with Crippen LogP contribution in [0.25, 0.3) is 11.0 Å². The molecule has 2 aromatic heterocycles. The second-order valence-electron chi connectivity index (χ2n) is 8.93. The summed E-state index contributed by atoms with van der Waals surface area (Å²) in [5.74, 6) is 0.175. The summed E-state index contributed by atoms with van der Waals surface area (Å²) in [6.07, 6.45) is 1.08. The number of likely N-dealkylation sites (tertiary alicyclic amines) is 1. The lowest BCUT2D eigenvalue weighted by Gasteiger charge is -2.35. The van der Waals surface area contributed by atoms with E-state index in [1.54, 1.807) is 24.3 Å². The van der Waals surface area contributed by atoms with Gasteiger partial charge in [-0.3, -0.25) is 23.5 Å². The van der Waals surface area contributed by atoms with E-state index in [4.69, 9.17) is 0 Å². The van der Waals surface area contributed by atoms with Gasteiger partial charge in [-0.15, -0.1) is 0 Å². The van der Waals surface area contributed by atoms with E-state index < -0.39 is 17.2 Å². The van der Waals surface area contributed by atoms with Gasteiger partial charge in [0, 0.05) is 27.2 Å². The number of amides is 2. The zero-order chi connectivity index (χ0) is 23.9. The molecule has 1 N–H and O–H groups in total. The first-order valence-electron chi connectivity index (χ1n) is 10.9. The van der Waals surface area contributed by atoms with Crippen LogP contribution in [0.1, 0.15) is 41.1 Å². The molecule has 0 radical (unpaired) electrons. The molecule has 1 aromatic carbocycles. The molecule has 1 aliphatic heterocycles. The minimum atomic E-state index is -0.536. The molecule has 2 atom stereocenters. The van der Waals surface area contributed by atoms with Crippen LogP contribution in [0.15, 0.2) is 46.0 Å². The molecule has 0 saturated carbocycles. The highest BCUT2D eigenvalue weighted by Gasteiger charge is 2.27. The molecule has 33 heavy (non-hydrogen) atoms. The fourth-order valence-corrected chi connectivity index (χ4v) is 4.54. The molecule has 172 valence electrons. The number of hydrogen-bond donors (Lipinski definition) is 1. The zero-order valence-corrected chi connectivity index (χ0v) is 19.2. The Hall–Kier alpha value is -3.75. The van der Waals surface area contributed by atoms with Gasteiger partial charge in [-0.2, -0.15) is 0 Å². The first kappa shape index (κ1) is 22.4. The third-order valence-electron chi connectivity index (χ3n) is 6.10. The Morgan fingerprint density at radius 1 is 0.970 bits per heavy atom. The second kappa shape index (κ2) is 8.65. The van der Waals surface area contributed by atoms with Gasteiger partial charge >= 0.3 is 5.69 Å². The number of pyridine rings is 1. The first-order valence-corrected chi connectivity index (χ1v) is 10.9. The molecule has 4 rings (SSSR count). The molecular weight excluding hydrogens is 422 g/mol. The van der Waals surface area contributed by atoms with E-state index in [9.17, 15) is 19.2 Å². The van der Waals surface area contributed by atoms with Crippen LogP contribution < -0.4 is 16.6 Å². The highest BCUT2D eigenvalue weighted by Crippen LogP contribution is 2.25. The Morgan fingerprint density at radius 3 is 2.33 bits per heavy atom. The molecule has 0 unspecified atom stereocenters. The van der Waals surface area contributed by atoms with E-state index in [1.165, 1.54) is 30.8 Å². The van der Waals surface area contributed by atoms with Crippen LogP contribution in [-0.4, -0.2) is 43.9 Å². The standard InChI is InChI=1S/C24H27N5O4/c1-14-11-15(2)13-29(12-14)23(32)16-7-5-6-8-18(16)26-21(30)19-10-9-17-20(25-19)27(3)24(33)28(4)22(17)31/h5-10,14-15H,11-13H2,1-4H3,(H,26,30)/t14-,15-/m0/s1. The number of carbonyl (C=O) groups is 2. The van der Waals surface area contributed by atoms with Crippen molar-refractivity contribution in [1.82, 2.24) is 19.0 Å². The van der Waals surface area contributed by atoms with Gasteiger partial charge in [0.25, 0.3) is 17.4 Å². The Kier molecular flexibility index (Phi) is 5.88. The van der Waals surface area contributed by atoms with Gasteiger partial charge in [0.05, 0.1) is 16.6 Å². The monoisotopic (exact) mass is 449 g/mol. The van der Waals surface area contributed by atoms with Gasteiger partial charge < -0.3 is 10.2 Å². The highest BCUT2D eigenvalue weighted by atomic mass is 16.2. The number of carbonyl (C=O) groups excluding carboxylic acids is 2. The van der Waals surface area contributed by atoms with Crippen LogP contribution in [0, 0.1) is 11.8 Å². The van der Waals surface area contributed by atoms with Crippen molar-refractivity contribution in [2.45, 2.75) is 20.3 Å². The van der Waals surface area contributed by atoms with Crippen molar-refractivity contribution >= 4 is 28.5 Å². The molecule has 0 bridgehead atoms. The quantitative estimate of drug-likeness (QED) is 0.658. The average molecular weight is 450 g/mol. The van der Waals surface area contributed by atoms with Crippen molar-refractivity contribution in [3.63, 3.8) is 0 Å². The smallest absolute Gasteiger partial charge is 0.332 e. The molecule has 1 saturated heterocycles. The normalized spacial score (nSPS) is 18.4. The van der Waals surface area contributed by atoms with E-state index in [-0.39, 0.29) is 22.6 Å². The molecule has 2 amide bonds. The fraction of sp³-hybridized carbons (Fsp3) is 0.375. The summed E-state index contributed by atoms with van der Waals surface area (Å²) in [5.41, 5.74) is -0.0519. The van der Waals surface area contributed by atoms with Crippen LogP contribution in [0.4, 0.5) is 5.69 Å². The van der Waals surface area contributed by atoms with Crippen LogP contribution in [-0.2, 0) is 14.1 Å². The molecule has 3 heterocycles. The Labute approximate surface area is 190 Å². The van der Waals surface area contributed by atoms with Crippen molar-refractivity contribution in [1.29, 1.82) is 0 Å². The number of nitrogens with zero attached hydrogens (tertiary/aromatic N) is 4. The van der Waals surface area contributed by atoms with E-state index in [0.29, 0.717) is 36.2 Å². The lowest BCUT2D eigenvalue weighted by Crippen LogP contribution is -2.42. The van der Waals surface area contributed by atoms with Crippen molar-refractivity contribution < 1.29 is 9.59 Å².